The molecule has 106 valence electrons. The molecule has 7 heteroatoms. The van der Waals surface area contributed by atoms with Crippen LogP contribution < -0.4 is 16.9 Å². The van der Waals surface area contributed by atoms with Crippen molar-refractivity contribution in [3.8, 4) is 11.1 Å². The van der Waals surface area contributed by atoms with E-state index < -0.39 is 15.7 Å². The molecule has 0 bridgehead atoms. The summed E-state index contributed by atoms with van der Waals surface area (Å²) in [6, 6.07) is 9.38. The maximum absolute atomic E-state index is 11.4. The molecule has 0 aliphatic rings. The van der Waals surface area contributed by atoms with Crippen molar-refractivity contribution < 1.29 is 13.2 Å². The molecule has 0 saturated heterocycles. The molecular weight excluding hydrogens is 287 g/mol. The molecule has 0 unspecified atom stereocenters. The topological polar surface area (TPSA) is 103 Å². The van der Waals surface area contributed by atoms with Crippen LogP contribution in [0, 0.1) is 0 Å². The molecule has 0 fully saturated rings. The second kappa shape index (κ2) is 5.25. The second-order valence-corrected chi connectivity index (χ2v) is 6.70. The molecule has 2 aromatic rings. The van der Waals surface area contributed by atoms with Crippen LogP contribution in [-0.4, -0.2) is 28.4 Å². The van der Waals surface area contributed by atoms with Crippen molar-refractivity contribution in [3.63, 3.8) is 0 Å². The highest BCUT2D eigenvalue weighted by Crippen LogP contribution is 2.23. The first-order chi connectivity index (χ1) is 9.70. The number of carbonyl (C=O) groups is 1. The Hall–Kier alpha value is -2.28. The Balaban J connectivity index is 2.55. The van der Waals surface area contributed by atoms with Gasteiger partial charge in [0, 0.05) is 11.9 Å². The molecule has 1 amide bonds. The van der Waals surface area contributed by atoms with Crippen LogP contribution >= 0.6 is 0 Å². The van der Waals surface area contributed by atoms with E-state index >= 15 is 0 Å². The molecule has 0 aromatic heterocycles. The highest BCUT2D eigenvalue weighted by molar-refractivity contribution is 7.90. The highest BCUT2D eigenvalue weighted by Gasteiger charge is 2.12. The number of rotatable bonds is 3. The van der Waals surface area contributed by atoms with Crippen molar-refractivity contribution in [1.82, 2.24) is 0 Å². The maximum Gasteiger partial charge on any atom is 0.250 e. The van der Waals surface area contributed by atoms with Gasteiger partial charge in [0.2, 0.25) is 0 Å². The van der Waals surface area contributed by atoms with E-state index in [2.05, 4.69) is 0 Å². The van der Waals surface area contributed by atoms with Gasteiger partial charge in [-0.3, -0.25) is 4.79 Å². The monoisotopic (exact) mass is 300 g/mol. The Morgan fingerprint density at radius 3 is 2.14 bits per heavy atom. The van der Waals surface area contributed by atoms with Gasteiger partial charge < -0.3 is 11.5 Å². The molecular formula is C14H13BN2O3S. The number of nitrogens with two attached hydrogens (primary N) is 2. The molecule has 5 nitrogen and oxygen atoms in total. The number of benzene rings is 2. The number of primary amides is 1. The van der Waals surface area contributed by atoms with Crippen LogP contribution in [0.1, 0.15) is 10.4 Å². The average Bonchev–Trinajstić information content (AvgIpc) is 2.40. The van der Waals surface area contributed by atoms with Crippen LogP contribution in [0.2, 0.25) is 0 Å². The van der Waals surface area contributed by atoms with E-state index in [-0.39, 0.29) is 21.6 Å². The number of anilines is 1. The first-order valence-electron chi connectivity index (χ1n) is 5.99. The molecule has 0 heterocycles. The summed E-state index contributed by atoms with van der Waals surface area (Å²) < 4.78 is 22.9. The number of hydrogen-bond acceptors (Lipinski definition) is 4. The molecule has 0 spiro atoms. The lowest BCUT2D eigenvalue weighted by atomic mass is 9.87. The van der Waals surface area contributed by atoms with Crippen molar-refractivity contribution in [2.45, 2.75) is 4.90 Å². The van der Waals surface area contributed by atoms with Crippen LogP contribution in [0.25, 0.3) is 11.1 Å². The summed E-state index contributed by atoms with van der Waals surface area (Å²) in [5.74, 6) is -0.672. The van der Waals surface area contributed by atoms with Crippen molar-refractivity contribution in [2.75, 3.05) is 12.0 Å². The van der Waals surface area contributed by atoms with E-state index in [0.29, 0.717) is 11.1 Å². The Kier molecular flexibility index (Phi) is 3.78. The van der Waals surface area contributed by atoms with Gasteiger partial charge in [0.25, 0.3) is 5.91 Å². The molecule has 0 aliphatic carbocycles. The molecule has 0 atom stereocenters. The molecule has 4 N–H and O–H groups in total. The largest absolute Gasteiger partial charge is 0.399 e. The summed E-state index contributed by atoms with van der Waals surface area (Å²) in [4.78, 5) is 11.6. The normalized spacial score (nSPS) is 11.3. The van der Waals surface area contributed by atoms with Crippen LogP contribution in [0.15, 0.2) is 41.3 Å². The zero-order valence-electron chi connectivity index (χ0n) is 11.3. The minimum absolute atomic E-state index is 0.136. The van der Waals surface area contributed by atoms with Crippen LogP contribution in [0.5, 0.6) is 0 Å². The number of hydrogen-bond donors (Lipinski definition) is 2. The van der Waals surface area contributed by atoms with Gasteiger partial charge in [-0.1, -0.05) is 23.7 Å². The summed E-state index contributed by atoms with van der Waals surface area (Å²) in [5, 5.41) is 0. The summed E-state index contributed by atoms with van der Waals surface area (Å²) in [6.07, 6.45) is 1.13. The van der Waals surface area contributed by atoms with Crippen LogP contribution in [0.3, 0.4) is 0 Å². The molecule has 0 saturated carbocycles. The van der Waals surface area contributed by atoms with Gasteiger partial charge in [-0.2, -0.15) is 0 Å². The van der Waals surface area contributed by atoms with Gasteiger partial charge in [0.05, 0.1) is 10.5 Å². The number of sulfone groups is 1. The lowest BCUT2D eigenvalue weighted by molar-refractivity contribution is 0.100. The Morgan fingerprint density at radius 2 is 1.67 bits per heavy atom. The lowest BCUT2D eigenvalue weighted by Crippen LogP contribution is -2.20. The molecule has 0 aliphatic heterocycles. The van der Waals surface area contributed by atoms with Gasteiger partial charge >= 0.3 is 0 Å². The van der Waals surface area contributed by atoms with E-state index in [1.807, 2.05) is 0 Å². The second-order valence-electron chi connectivity index (χ2n) is 4.69. The summed E-state index contributed by atoms with van der Waals surface area (Å²) in [6.45, 7) is 0. The first kappa shape index (κ1) is 15.1. The Labute approximate surface area is 124 Å². The fourth-order valence-electron chi connectivity index (χ4n) is 1.94. The molecule has 2 aromatic carbocycles. The van der Waals surface area contributed by atoms with E-state index in [1.54, 1.807) is 18.2 Å². The van der Waals surface area contributed by atoms with E-state index in [0.717, 1.165) is 6.26 Å². The Morgan fingerprint density at radius 1 is 1.10 bits per heavy atom. The quantitative estimate of drug-likeness (QED) is 0.625. The van der Waals surface area contributed by atoms with Crippen molar-refractivity contribution >= 4 is 34.7 Å². The van der Waals surface area contributed by atoms with Crippen molar-refractivity contribution in [3.05, 3.63) is 42.0 Å². The number of carbonyl (C=O) groups excluding carboxylic acids is 1. The Bertz CT molecular complexity index is 815. The SMILES string of the molecule is [B]c1cc(-c2ccc(S(C)(=O)=O)cc2)cc(C(N)=O)c1N. The van der Waals surface area contributed by atoms with Gasteiger partial charge in [-0.05, 0) is 29.3 Å². The van der Waals surface area contributed by atoms with Gasteiger partial charge in [0.1, 0.15) is 7.85 Å². The number of amides is 1. The summed E-state index contributed by atoms with van der Waals surface area (Å²) >= 11 is 0. The molecule has 21 heavy (non-hydrogen) atoms. The zero-order valence-corrected chi connectivity index (χ0v) is 12.1. The van der Waals surface area contributed by atoms with Crippen molar-refractivity contribution in [2.24, 2.45) is 5.73 Å². The highest BCUT2D eigenvalue weighted by atomic mass is 32.2. The number of nitrogen functional groups attached to an aromatic ring is 1. The summed E-state index contributed by atoms with van der Waals surface area (Å²) in [7, 11) is 2.51. The first-order valence-corrected chi connectivity index (χ1v) is 7.88. The minimum Gasteiger partial charge on any atom is -0.399 e. The zero-order chi connectivity index (χ0) is 15.8. The lowest BCUT2D eigenvalue weighted by Gasteiger charge is -2.10. The summed E-state index contributed by atoms with van der Waals surface area (Å²) in [5.41, 5.74) is 12.8. The smallest absolute Gasteiger partial charge is 0.250 e. The van der Waals surface area contributed by atoms with Gasteiger partial charge in [-0.15, -0.1) is 0 Å². The fourth-order valence-corrected chi connectivity index (χ4v) is 2.57. The predicted octanol–water partition coefficient (Wildman–Crippen LogP) is 0.232. The van der Waals surface area contributed by atoms with Crippen LogP contribution in [0.4, 0.5) is 5.69 Å². The molecule has 2 rings (SSSR count). The predicted molar refractivity (Wildman–Crippen MR) is 83.3 cm³/mol. The van der Waals surface area contributed by atoms with Gasteiger partial charge in [0.15, 0.2) is 9.84 Å². The van der Waals surface area contributed by atoms with Crippen molar-refractivity contribution in [1.29, 1.82) is 0 Å². The minimum atomic E-state index is -3.26. The third-order valence-electron chi connectivity index (χ3n) is 3.09. The standard InChI is InChI=1S/C14H13BN2O3S/c1-21(19,20)10-4-2-8(3-5-10)9-6-11(14(17)18)13(16)12(15)7-9/h2-7H,16H2,1H3,(H2,17,18). The van der Waals surface area contributed by atoms with E-state index in [9.17, 15) is 13.2 Å². The van der Waals surface area contributed by atoms with Crippen LogP contribution in [-0.2, 0) is 9.84 Å². The third kappa shape index (κ3) is 3.08. The third-order valence-corrected chi connectivity index (χ3v) is 4.22. The maximum atomic E-state index is 11.4. The average molecular weight is 300 g/mol. The fraction of sp³-hybridized carbons (Fsp3) is 0.0714. The van der Waals surface area contributed by atoms with E-state index in [4.69, 9.17) is 19.3 Å². The van der Waals surface area contributed by atoms with Gasteiger partial charge in [-0.25, -0.2) is 8.42 Å². The molecule has 2 radical (unpaired) electrons. The van der Waals surface area contributed by atoms with E-state index in [1.165, 1.54) is 18.2 Å².